The Morgan fingerprint density at radius 3 is 2.50 bits per heavy atom. The van der Waals surface area contributed by atoms with Gasteiger partial charge < -0.3 is 15.5 Å². The molecule has 0 aromatic heterocycles. The molecule has 2 aliphatic heterocycles. The second kappa shape index (κ2) is 8.25. The minimum atomic E-state index is 0.233. The lowest BCUT2D eigenvalue weighted by Gasteiger charge is -2.34. The molecule has 2 heterocycles. The highest BCUT2D eigenvalue weighted by atomic mass is 32.2. The van der Waals surface area contributed by atoms with Gasteiger partial charge in [-0.05, 0) is 52.6 Å². The Morgan fingerprint density at radius 2 is 1.90 bits per heavy atom. The van der Waals surface area contributed by atoms with Crippen molar-refractivity contribution in [2.75, 3.05) is 31.9 Å². The summed E-state index contributed by atoms with van der Waals surface area (Å²) in [6.07, 6.45) is 4.60. The molecule has 0 unspecified atom stereocenters. The fourth-order valence-electron chi connectivity index (χ4n) is 2.99. The molecule has 1 amide bonds. The maximum absolute atomic E-state index is 12.0. The molecule has 0 bridgehead atoms. The van der Waals surface area contributed by atoms with E-state index < -0.39 is 0 Å². The Hall–Kier alpha value is -0.260. The number of carbonyl (C=O) groups excluding carboxylic acids is 1. The maximum atomic E-state index is 12.0. The number of nitrogens with one attached hydrogen (secondary N) is 2. The molecular formula is C15H29N3OS. The van der Waals surface area contributed by atoms with Gasteiger partial charge in [-0.15, -0.1) is 11.8 Å². The number of carbonyl (C=O) groups is 1. The lowest BCUT2D eigenvalue weighted by molar-refractivity contribution is -0.119. The molecule has 0 atom stereocenters. The van der Waals surface area contributed by atoms with Crippen molar-refractivity contribution >= 4 is 17.7 Å². The molecule has 20 heavy (non-hydrogen) atoms. The van der Waals surface area contributed by atoms with E-state index in [4.69, 9.17) is 0 Å². The van der Waals surface area contributed by atoms with E-state index in [1.807, 2.05) is 11.8 Å². The van der Waals surface area contributed by atoms with Crippen LogP contribution in [-0.2, 0) is 4.79 Å². The zero-order valence-electron chi connectivity index (χ0n) is 12.9. The Morgan fingerprint density at radius 1 is 1.25 bits per heavy atom. The highest BCUT2D eigenvalue weighted by Crippen LogP contribution is 2.20. The van der Waals surface area contributed by atoms with Gasteiger partial charge in [0.1, 0.15) is 0 Å². The van der Waals surface area contributed by atoms with Crippen LogP contribution in [0.25, 0.3) is 0 Å². The predicted octanol–water partition coefficient (Wildman–Crippen LogP) is 1.46. The van der Waals surface area contributed by atoms with Gasteiger partial charge in [-0.3, -0.25) is 4.79 Å². The summed E-state index contributed by atoms with van der Waals surface area (Å²) in [7, 11) is 0. The highest BCUT2D eigenvalue weighted by molar-refractivity contribution is 8.00. The molecule has 2 saturated heterocycles. The van der Waals surface area contributed by atoms with Gasteiger partial charge in [0.25, 0.3) is 0 Å². The molecule has 2 fully saturated rings. The molecule has 0 aromatic rings. The quantitative estimate of drug-likeness (QED) is 0.807. The van der Waals surface area contributed by atoms with Crippen LogP contribution in [0, 0.1) is 0 Å². The van der Waals surface area contributed by atoms with Crippen LogP contribution in [0.1, 0.15) is 39.5 Å². The molecule has 4 nitrogen and oxygen atoms in total. The van der Waals surface area contributed by atoms with Gasteiger partial charge in [0.2, 0.25) is 5.91 Å². The number of hydrogen-bond acceptors (Lipinski definition) is 4. The first-order chi connectivity index (χ1) is 9.65. The number of thioether (sulfide) groups is 1. The number of rotatable bonds is 5. The largest absolute Gasteiger partial charge is 0.353 e. The Bertz CT molecular complexity index is 297. The predicted molar refractivity (Wildman–Crippen MR) is 86.2 cm³/mol. The van der Waals surface area contributed by atoms with Gasteiger partial charge in [0.15, 0.2) is 0 Å². The summed E-state index contributed by atoms with van der Waals surface area (Å²) in [5, 5.41) is 7.25. The summed E-state index contributed by atoms with van der Waals surface area (Å²) >= 11 is 1.84. The fraction of sp³-hybridized carbons (Fsp3) is 0.933. The fourth-order valence-corrected chi connectivity index (χ4v) is 4.02. The van der Waals surface area contributed by atoms with Crippen molar-refractivity contribution < 1.29 is 4.79 Å². The van der Waals surface area contributed by atoms with Crippen LogP contribution in [0.3, 0.4) is 0 Å². The standard InChI is InChI=1S/C15H29N3OS/c1-12(2)18-9-5-13(6-10-18)17-15(19)11-20-14-3-7-16-8-4-14/h12-14,16H,3-11H2,1-2H3,(H,17,19). The molecule has 2 rings (SSSR count). The van der Waals surface area contributed by atoms with Crippen molar-refractivity contribution in [3.63, 3.8) is 0 Å². The third-order valence-electron chi connectivity index (χ3n) is 4.36. The van der Waals surface area contributed by atoms with Crippen LogP contribution in [0.15, 0.2) is 0 Å². The Kier molecular flexibility index (Phi) is 6.65. The number of amides is 1. The number of piperidine rings is 2. The summed E-state index contributed by atoms with van der Waals surface area (Å²) in [5.41, 5.74) is 0. The summed E-state index contributed by atoms with van der Waals surface area (Å²) in [4.78, 5) is 14.5. The second-order valence-electron chi connectivity index (χ2n) is 6.23. The highest BCUT2D eigenvalue weighted by Gasteiger charge is 2.22. The molecule has 0 radical (unpaired) electrons. The average Bonchev–Trinajstić information content (AvgIpc) is 2.47. The summed E-state index contributed by atoms with van der Waals surface area (Å²) in [5.74, 6) is 0.867. The molecule has 0 aromatic carbocycles. The smallest absolute Gasteiger partial charge is 0.230 e. The third kappa shape index (κ3) is 5.26. The number of likely N-dealkylation sites (tertiary alicyclic amines) is 1. The van der Waals surface area contributed by atoms with Crippen LogP contribution in [0.4, 0.5) is 0 Å². The van der Waals surface area contributed by atoms with E-state index >= 15 is 0 Å². The van der Waals surface area contributed by atoms with Gasteiger partial charge >= 0.3 is 0 Å². The van der Waals surface area contributed by atoms with E-state index in [0.29, 0.717) is 23.1 Å². The van der Waals surface area contributed by atoms with Crippen molar-refractivity contribution in [1.82, 2.24) is 15.5 Å². The van der Waals surface area contributed by atoms with E-state index in [2.05, 4.69) is 29.4 Å². The Balaban J connectivity index is 1.60. The first kappa shape index (κ1) is 16.1. The third-order valence-corrected chi connectivity index (χ3v) is 5.73. The van der Waals surface area contributed by atoms with Crippen molar-refractivity contribution in [3.05, 3.63) is 0 Å². The van der Waals surface area contributed by atoms with Crippen molar-refractivity contribution in [1.29, 1.82) is 0 Å². The Labute approximate surface area is 127 Å². The number of hydrogen-bond donors (Lipinski definition) is 2. The van der Waals surface area contributed by atoms with E-state index in [9.17, 15) is 4.79 Å². The lowest BCUT2D eigenvalue weighted by Crippen LogP contribution is -2.47. The van der Waals surface area contributed by atoms with Gasteiger partial charge in [-0.2, -0.15) is 0 Å². The minimum Gasteiger partial charge on any atom is -0.353 e. The van der Waals surface area contributed by atoms with Crippen LogP contribution >= 0.6 is 11.8 Å². The molecule has 2 N–H and O–H groups in total. The maximum Gasteiger partial charge on any atom is 0.230 e. The molecule has 116 valence electrons. The molecular weight excluding hydrogens is 270 g/mol. The second-order valence-corrected chi connectivity index (χ2v) is 7.52. The molecule has 0 aliphatic carbocycles. The first-order valence-electron chi connectivity index (χ1n) is 8.01. The van der Waals surface area contributed by atoms with Crippen LogP contribution in [0.5, 0.6) is 0 Å². The lowest BCUT2D eigenvalue weighted by atomic mass is 10.0. The van der Waals surface area contributed by atoms with Crippen molar-refractivity contribution in [2.24, 2.45) is 0 Å². The molecule has 0 saturated carbocycles. The van der Waals surface area contributed by atoms with E-state index in [0.717, 1.165) is 39.0 Å². The molecule has 2 aliphatic rings. The van der Waals surface area contributed by atoms with E-state index in [1.165, 1.54) is 12.8 Å². The van der Waals surface area contributed by atoms with Gasteiger partial charge in [-0.1, -0.05) is 0 Å². The van der Waals surface area contributed by atoms with Gasteiger partial charge in [0, 0.05) is 30.4 Å². The zero-order chi connectivity index (χ0) is 14.4. The topological polar surface area (TPSA) is 44.4 Å². The van der Waals surface area contributed by atoms with Crippen molar-refractivity contribution in [2.45, 2.75) is 56.9 Å². The molecule has 5 heteroatoms. The first-order valence-corrected chi connectivity index (χ1v) is 9.05. The minimum absolute atomic E-state index is 0.233. The van der Waals surface area contributed by atoms with E-state index in [1.54, 1.807) is 0 Å². The zero-order valence-corrected chi connectivity index (χ0v) is 13.7. The van der Waals surface area contributed by atoms with E-state index in [-0.39, 0.29) is 5.91 Å². The molecule has 0 spiro atoms. The SMILES string of the molecule is CC(C)N1CCC(NC(=O)CSC2CCNCC2)CC1. The van der Waals surface area contributed by atoms with Crippen LogP contribution in [0.2, 0.25) is 0 Å². The monoisotopic (exact) mass is 299 g/mol. The summed E-state index contributed by atoms with van der Waals surface area (Å²) in [6, 6.07) is 1.02. The normalized spacial score (nSPS) is 23.1. The van der Waals surface area contributed by atoms with Gasteiger partial charge in [-0.25, -0.2) is 0 Å². The van der Waals surface area contributed by atoms with Crippen molar-refractivity contribution in [3.8, 4) is 0 Å². The van der Waals surface area contributed by atoms with Crippen LogP contribution in [-0.4, -0.2) is 60.1 Å². The van der Waals surface area contributed by atoms with Crippen LogP contribution < -0.4 is 10.6 Å². The summed E-state index contributed by atoms with van der Waals surface area (Å²) < 4.78 is 0. The number of nitrogens with zero attached hydrogens (tertiary/aromatic N) is 1. The average molecular weight is 299 g/mol. The van der Waals surface area contributed by atoms with Gasteiger partial charge in [0.05, 0.1) is 5.75 Å². The summed E-state index contributed by atoms with van der Waals surface area (Å²) in [6.45, 7) is 8.93.